The highest BCUT2D eigenvalue weighted by Gasteiger charge is 1.89. The number of rotatable bonds is 3. The van der Waals surface area contributed by atoms with E-state index in [-0.39, 0.29) is 5.11 Å². The van der Waals surface area contributed by atoms with Crippen molar-refractivity contribution >= 4 is 29.1 Å². The molecule has 3 N–H and O–H groups in total. The molecule has 0 fully saturated rings. The van der Waals surface area contributed by atoms with Gasteiger partial charge < -0.3 is 5.73 Å². The van der Waals surface area contributed by atoms with E-state index in [9.17, 15) is 0 Å². The van der Waals surface area contributed by atoms with Crippen molar-refractivity contribution in [1.82, 2.24) is 5.43 Å². The van der Waals surface area contributed by atoms with Crippen LogP contribution in [0.3, 0.4) is 0 Å². The van der Waals surface area contributed by atoms with Gasteiger partial charge in [-0.3, -0.25) is 5.43 Å². The summed E-state index contributed by atoms with van der Waals surface area (Å²) in [6.07, 6.45) is 3.90. The van der Waals surface area contributed by atoms with Gasteiger partial charge in [0.15, 0.2) is 5.11 Å². The van der Waals surface area contributed by atoms with Gasteiger partial charge in [-0.05, 0) is 37.7 Å². The standard InChI is InChI=1S/C12H15N3S/c1-9-4-3-5-11(8-9)7-6-10(2)14-15-12(13)16/h3-8H,1-2H3,(H3,13,15,16)/b7-6+,14-10+. The zero-order valence-corrected chi connectivity index (χ0v) is 10.2. The first-order chi connectivity index (χ1) is 7.58. The summed E-state index contributed by atoms with van der Waals surface area (Å²) in [5.41, 5.74) is 11.0. The fourth-order valence-corrected chi connectivity index (χ4v) is 1.22. The lowest BCUT2D eigenvalue weighted by Crippen LogP contribution is -2.24. The lowest BCUT2D eigenvalue weighted by molar-refractivity contribution is 1.03. The van der Waals surface area contributed by atoms with Gasteiger partial charge in [-0.25, -0.2) is 0 Å². The van der Waals surface area contributed by atoms with Gasteiger partial charge in [0.05, 0.1) is 5.71 Å². The Labute approximate surface area is 101 Å². The summed E-state index contributed by atoms with van der Waals surface area (Å²) < 4.78 is 0. The summed E-state index contributed by atoms with van der Waals surface area (Å²) in [5, 5.41) is 4.14. The number of nitrogens with one attached hydrogen (secondary N) is 1. The molecule has 4 heteroatoms. The van der Waals surface area contributed by atoms with Gasteiger partial charge in [0.2, 0.25) is 0 Å². The number of allylic oxidation sites excluding steroid dienone is 1. The molecule has 0 spiro atoms. The van der Waals surface area contributed by atoms with Crippen molar-refractivity contribution in [3.63, 3.8) is 0 Å². The second-order valence-electron chi connectivity index (χ2n) is 3.48. The van der Waals surface area contributed by atoms with Gasteiger partial charge in [-0.2, -0.15) is 5.10 Å². The van der Waals surface area contributed by atoms with Crippen LogP contribution < -0.4 is 11.2 Å². The molecule has 16 heavy (non-hydrogen) atoms. The molecule has 0 saturated heterocycles. The molecule has 84 valence electrons. The number of thiocarbonyl (C=S) groups is 1. The van der Waals surface area contributed by atoms with Crippen molar-refractivity contribution in [2.24, 2.45) is 10.8 Å². The molecule has 0 radical (unpaired) electrons. The lowest BCUT2D eigenvalue weighted by atomic mass is 10.1. The Bertz CT molecular complexity index is 436. The minimum atomic E-state index is 0.170. The Hall–Kier alpha value is -1.68. The van der Waals surface area contributed by atoms with Gasteiger partial charge in [0, 0.05) is 0 Å². The van der Waals surface area contributed by atoms with Gasteiger partial charge in [-0.1, -0.05) is 35.9 Å². The molecule has 0 aromatic heterocycles. The van der Waals surface area contributed by atoms with Crippen LogP contribution in [0, 0.1) is 6.92 Å². The van der Waals surface area contributed by atoms with Crippen molar-refractivity contribution in [3.8, 4) is 0 Å². The first kappa shape index (κ1) is 12.4. The Kier molecular flexibility index (Phi) is 4.66. The third-order valence-corrected chi connectivity index (χ3v) is 1.99. The topological polar surface area (TPSA) is 50.4 Å². The van der Waals surface area contributed by atoms with Crippen LogP contribution in [0.5, 0.6) is 0 Å². The van der Waals surface area contributed by atoms with Gasteiger partial charge in [-0.15, -0.1) is 0 Å². The minimum absolute atomic E-state index is 0.170. The zero-order valence-electron chi connectivity index (χ0n) is 9.40. The highest BCUT2D eigenvalue weighted by atomic mass is 32.1. The molecule has 0 heterocycles. The maximum atomic E-state index is 5.26. The van der Waals surface area contributed by atoms with Crippen LogP contribution in [0.1, 0.15) is 18.1 Å². The smallest absolute Gasteiger partial charge is 0.184 e. The van der Waals surface area contributed by atoms with Crippen LogP contribution in [-0.2, 0) is 0 Å². The number of hydrogen-bond acceptors (Lipinski definition) is 2. The molecule has 0 aliphatic rings. The molecule has 0 amide bonds. The number of nitrogens with two attached hydrogens (primary N) is 1. The van der Waals surface area contributed by atoms with Crippen LogP contribution in [0.15, 0.2) is 35.4 Å². The van der Waals surface area contributed by atoms with Crippen molar-refractivity contribution in [3.05, 3.63) is 41.5 Å². The van der Waals surface area contributed by atoms with E-state index in [0.29, 0.717) is 0 Å². The van der Waals surface area contributed by atoms with E-state index in [1.165, 1.54) is 5.56 Å². The molecule has 0 saturated carbocycles. The second-order valence-corrected chi connectivity index (χ2v) is 3.92. The van der Waals surface area contributed by atoms with E-state index >= 15 is 0 Å². The van der Waals surface area contributed by atoms with Crippen molar-refractivity contribution in [2.75, 3.05) is 0 Å². The fraction of sp³-hybridized carbons (Fsp3) is 0.167. The average molecular weight is 233 g/mol. The van der Waals surface area contributed by atoms with Crippen molar-refractivity contribution in [1.29, 1.82) is 0 Å². The van der Waals surface area contributed by atoms with E-state index in [4.69, 9.17) is 5.73 Å². The quantitative estimate of drug-likeness (QED) is 0.478. The predicted molar refractivity (Wildman–Crippen MR) is 73.2 cm³/mol. The SMILES string of the molecule is CC(/C=C/c1cccc(C)c1)=N\NC(N)=S. The Morgan fingerprint density at radius 3 is 2.88 bits per heavy atom. The zero-order chi connectivity index (χ0) is 12.0. The van der Waals surface area contributed by atoms with Crippen LogP contribution in [0.4, 0.5) is 0 Å². The van der Waals surface area contributed by atoms with Crippen LogP contribution >= 0.6 is 12.2 Å². The van der Waals surface area contributed by atoms with Crippen molar-refractivity contribution in [2.45, 2.75) is 13.8 Å². The lowest BCUT2D eigenvalue weighted by Gasteiger charge is -1.97. The Balaban J connectivity index is 2.66. The van der Waals surface area contributed by atoms with E-state index in [2.05, 4.69) is 41.8 Å². The third-order valence-electron chi connectivity index (χ3n) is 1.90. The van der Waals surface area contributed by atoms with Crippen molar-refractivity contribution < 1.29 is 0 Å². The third kappa shape index (κ3) is 4.70. The van der Waals surface area contributed by atoms with Crippen LogP contribution in [-0.4, -0.2) is 10.8 Å². The van der Waals surface area contributed by atoms with E-state index in [1.807, 2.05) is 31.2 Å². The highest BCUT2D eigenvalue weighted by molar-refractivity contribution is 7.80. The summed E-state index contributed by atoms with van der Waals surface area (Å²) in [7, 11) is 0. The minimum Gasteiger partial charge on any atom is -0.375 e. The van der Waals surface area contributed by atoms with Gasteiger partial charge in [0.25, 0.3) is 0 Å². The Morgan fingerprint density at radius 1 is 1.50 bits per heavy atom. The second kappa shape index (κ2) is 6.02. The molecule has 1 aromatic carbocycles. The molecule has 1 rings (SSSR count). The highest BCUT2D eigenvalue weighted by Crippen LogP contribution is 2.05. The number of nitrogens with zero attached hydrogens (tertiary/aromatic N) is 1. The number of aryl methyl sites for hydroxylation is 1. The molecule has 3 nitrogen and oxygen atoms in total. The number of hydrogen-bond donors (Lipinski definition) is 2. The summed E-state index contributed by atoms with van der Waals surface area (Å²) in [4.78, 5) is 0. The molecule has 0 unspecified atom stereocenters. The molecule has 1 aromatic rings. The largest absolute Gasteiger partial charge is 0.375 e. The summed E-state index contributed by atoms with van der Waals surface area (Å²) in [5.74, 6) is 0. The molecule has 0 aliphatic heterocycles. The maximum Gasteiger partial charge on any atom is 0.184 e. The predicted octanol–water partition coefficient (Wildman–Crippen LogP) is 2.22. The maximum absolute atomic E-state index is 5.26. The van der Waals surface area contributed by atoms with Crippen LogP contribution in [0.25, 0.3) is 6.08 Å². The first-order valence-corrected chi connectivity index (χ1v) is 5.33. The molecular formula is C12H15N3S. The van der Waals surface area contributed by atoms with Gasteiger partial charge in [0.1, 0.15) is 0 Å². The summed E-state index contributed by atoms with van der Waals surface area (Å²) in [6, 6.07) is 8.23. The molecule has 0 bridgehead atoms. The summed E-state index contributed by atoms with van der Waals surface area (Å²) in [6.45, 7) is 3.93. The van der Waals surface area contributed by atoms with E-state index < -0.39 is 0 Å². The number of benzene rings is 1. The monoisotopic (exact) mass is 233 g/mol. The van der Waals surface area contributed by atoms with E-state index in [0.717, 1.165) is 11.3 Å². The van der Waals surface area contributed by atoms with Gasteiger partial charge >= 0.3 is 0 Å². The van der Waals surface area contributed by atoms with E-state index in [1.54, 1.807) is 0 Å². The Morgan fingerprint density at radius 2 is 2.25 bits per heavy atom. The fourth-order valence-electron chi connectivity index (χ4n) is 1.17. The van der Waals surface area contributed by atoms with Crippen LogP contribution in [0.2, 0.25) is 0 Å². The first-order valence-electron chi connectivity index (χ1n) is 4.92. The number of hydrazone groups is 1. The normalized spacial score (nSPS) is 11.8. The molecular weight excluding hydrogens is 218 g/mol. The average Bonchev–Trinajstić information content (AvgIpc) is 2.23. The molecule has 0 atom stereocenters. The summed E-state index contributed by atoms with van der Waals surface area (Å²) >= 11 is 4.64. The molecule has 0 aliphatic carbocycles.